The van der Waals surface area contributed by atoms with E-state index in [1.807, 2.05) is 61.3 Å². The lowest BCUT2D eigenvalue weighted by molar-refractivity contribution is 0.427. The first kappa shape index (κ1) is 16.2. The SMILES string of the molecule is CCn1nc(C)cc1-c1nc(-c2ccc(-n3nc(C)cc3C)nc2)no1. The van der Waals surface area contributed by atoms with Crippen molar-refractivity contribution in [2.24, 2.45) is 0 Å². The molecule has 0 aliphatic carbocycles. The van der Waals surface area contributed by atoms with Gasteiger partial charge in [-0.05, 0) is 52.0 Å². The molecule has 0 bridgehead atoms. The molecule has 8 nitrogen and oxygen atoms in total. The molecule has 4 aromatic heterocycles. The summed E-state index contributed by atoms with van der Waals surface area (Å²) in [6.45, 7) is 8.66. The van der Waals surface area contributed by atoms with Crippen molar-refractivity contribution in [1.29, 1.82) is 0 Å². The van der Waals surface area contributed by atoms with Crippen LogP contribution in [0.25, 0.3) is 28.8 Å². The van der Waals surface area contributed by atoms with Crippen molar-refractivity contribution in [3.63, 3.8) is 0 Å². The first-order valence-electron chi connectivity index (χ1n) is 8.43. The second-order valence-corrected chi connectivity index (χ2v) is 6.15. The third-order valence-corrected chi connectivity index (χ3v) is 4.08. The molecular weight excluding hydrogens is 330 g/mol. The molecule has 0 unspecified atom stereocenters. The van der Waals surface area contributed by atoms with E-state index in [4.69, 9.17) is 4.52 Å². The molecular formula is C18H19N7O. The van der Waals surface area contributed by atoms with E-state index >= 15 is 0 Å². The molecule has 4 aromatic rings. The van der Waals surface area contributed by atoms with Crippen molar-refractivity contribution < 1.29 is 4.52 Å². The number of hydrogen-bond acceptors (Lipinski definition) is 6. The normalized spacial score (nSPS) is 11.2. The Morgan fingerprint density at radius 3 is 2.50 bits per heavy atom. The van der Waals surface area contributed by atoms with Crippen LogP contribution >= 0.6 is 0 Å². The standard InChI is InChI=1S/C18H19N7O/c1-5-24-15(9-12(3)21-24)18-20-17(23-26-18)14-6-7-16(19-10-14)25-13(4)8-11(2)22-25/h6-10H,5H2,1-4H3. The van der Waals surface area contributed by atoms with Crippen LogP contribution in [-0.2, 0) is 6.54 Å². The maximum atomic E-state index is 5.43. The van der Waals surface area contributed by atoms with E-state index in [1.54, 1.807) is 6.20 Å². The van der Waals surface area contributed by atoms with E-state index < -0.39 is 0 Å². The number of aryl methyl sites for hydroxylation is 4. The molecule has 0 spiro atoms. The summed E-state index contributed by atoms with van der Waals surface area (Å²) in [6.07, 6.45) is 1.72. The number of nitrogens with zero attached hydrogens (tertiary/aromatic N) is 7. The number of aromatic nitrogens is 7. The fourth-order valence-corrected chi connectivity index (χ4v) is 2.91. The first-order chi connectivity index (χ1) is 12.5. The number of hydrogen-bond donors (Lipinski definition) is 0. The minimum atomic E-state index is 0.449. The molecule has 0 N–H and O–H groups in total. The summed E-state index contributed by atoms with van der Waals surface area (Å²) in [6, 6.07) is 7.76. The van der Waals surface area contributed by atoms with Crippen molar-refractivity contribution in [3.05, 3.63) is 47.5 Å². The maximum absolute atomic E-state index is 5.43. The predicted molar refractivity (Wildman–Crippen MR) is 95.8 cm³/mol. The van der Waals surface area contributed by atoms with Gasteiger partial charge in [0.1, 0.15) is 5.69 Å². The van der Waals surface area contributed by atoms with E-state index in [-0.39, 0.29) is 0 Å². The molecule has 0 aliphatic heterocycles. The lowest BCUT2D eigenvalue weighted by Gasteiger charge is -2.03. The Morgan fingerprint density at radius 2 is 1.85 bits per heavy atom. The minimum Gasteiger partial charge on any atom is -0.332 e. The predicted octanol–water partition coefficient (Wildman–Crippen LogP) is 3.13. The van der Waals surface area contributed by atoms with Crippen LogP contribution in [0.3, 0.4) is 0 Å². The van der Waals surface area contributed by atoms with Crippen molar-refractivity contribution in [2.45, 2.75) is 34.2 Å². The molecule has 0 atom stereocenters. The molecule has 0 radical (unpaired) electrons. The van der Waals surface area contributed by atoms with Gasteiger partial charge >= 0.3 is 0 Å². The Labute approximate surface area is 150 Å². The molecule has 0 amide bonds. The van der Waals surface area contributed by atoms with Gasteiger partial charge in [-0.2, -0.15) is 15.2 Å². The largest absolute Gasteiger partial charge is 0.332 e. The van der Waals surface area contributed by atoms with E-state index in [9.17, 15) is 0 Å². The van der Waals surface area contributed by atoms with Crippen LogP contribution in [-0.4, -0.2) is 34.7 Å². The van der Waals surface area contributed by atoms with E-state index in [0.29, 0.717) is 11.7 Å². The van der Waals surface area contributed by atoms with Gasteiger partial charge in [-0.3, -0.25) is 4.68 Å². The van der Waals surface area contributed by atoms with E-state index in [1.165, 1.54) is 0 Å². The van der Waals surface area contributed by atoms with Gasteiger partial charge in [-0.15, -0.1) is 0 Å². The zero-order valence-electron chi connectivity index (χ0n) is 15.1. The van der Waals surface area contributed by atoms with Crippen molar-refractivity contribution in [2.75, 3.05) is 0 Å². The van der Waals surface area contributed by atoms with Crippen LogP contribution in [0.5, 0.6) is 0 Å². The number of rotatable bonds is 4. The van der Waals surface area contributed by atoms with Gasteiger partial charge in [0.2, 0.25) is 5.82 Å². The Balaban J connectivity index is 1.65. The number of pyridine rings is 1. The quantitative estimate of drug-likeness (QED) is 0.562. The fraction of sp³-hybridized carbons (Fsp3) is 0.278. The van der Waals surface area contributed by atoms with Gasteiger partial charge in [0.25, 0.3) is 5.89 Å². The summed E-state index contributed by atoms with van der Waals surface area (Å²) >= 11 is 0. The average Bonchev–Trinajstić information content (AvgIpc) is 3.33. The molecule has 26 heavy (non-hydrogen) atoms. The summed E-state index contributed by atoms with van der Waals surface area (Å²) in [4.78, 5) is 8.98. The molecule has 0 aliphatic rings. The van der Waals surface area contributed by atoms with Crippen molar-refractivity contribution in [3.8, 4) is 28.8 Å². The highest BCUT2D eigenvalue weighted by Gasteiger charge is 2.16. The van der Waals surface area contributed by atoms with Crippen LogP contribution in [0.2, 0.25) is 0 Å². The Hall–Kier alpha value is -3.29. The Morgan fingerprint density at radius 1 is 1.04 bits per heavy atom. The smallest absolute Gasteiger partial charge is 0.276 e. The van der Waals surface area contributed by atoms with Crippen LogP contribution < -0.4 is 0 Å². The van der Waals surface area contributed by atoms with Crippen molar-refractivity contribution >= 4 is 0 Å². The molecule has 4 heterocycles. The first-order valence-corrected chi connectivity index (χ1v) is 8.43. The summed E-state index contributed by atoms with van der Waals surface area (Å²) in [5.74, 6) is 1.70. The highest BCUT2D eigenvalue weighted by molar-refractivity contribution is 5.58. The summed E-state index contributed by atoms with van der Waals surface area (Å²) < 4.78 is 9.08. The van der Waals surface area contributed by atoms with Gasteiger partial charge in [-0.1, -0.05) is 5.16 Å². The van der Waals surface area contributed by atoms with Gasteiger partial charge in [0, 0.05) is 24.0 Å². The van der Waals surface area contributed by atoms with Crippen LogP contribution in [0.4, 0.5) is 0 Å². The minimum absolute atomic E-state index is 0.449. The third kappa shape index (κ3) is 2.79. The molecule has 0 saturated carbocycles. The molecule has 0 fully saturated rings. The summed E-state index contributed by atoms with van der Waals surface area (Å²) in [7, 11) is 0. The van der Waals surface area contributed by atoms with E-state index in [2.05, 4.69) is 25.3 Å². The molecule has 0 saturated heterocycles. The summed E-state index contributed by atoms with van der Waals surface area (Å²) in [5.41, 5.74) is 4.50. The highest BCUT2D eigenvalue weighted by Crippen LogP contribution is 2.23. The molecule has 0 aromatic carbocycles. The van der Waals surface area contributed by atoms with Gasteiger partial charge in [-0.25, -0.2) is 9.67 Å². The average molecular weight is 349 g/mol. The Kier molecular flexibility index (Phi) is 3.87. The van der Waals surface area contributed by atoms with Gasteiger partial charge in [0.15, 0.2) is 5.82 Å². The fourth-order valence-electron chi connectivity index (χ4n) is 2.91. The second-order valence-electron chi connectivity index (χ2n) is 6.15. The topological polar surface area (TPSA) is 87.5 Å². The Bertz CT molecular complexity index is 1060. The third-order valence-electron chi connectivity index (χ3n) is 4.08. The second kappa shape index (κ2) is 6.21. The summed E-state index contributed by atoms with van der Waals surface area (Å²) in [5, 5.41) is 12.9. The van der Waals surface area contributed by atoms with Crippen LogP contribution in [0, 0.1) is 20.8 Å². The highest BCUT2D eigenvalue weighted by atomic mass is 16.5. The lowest BCUT2D eigenvalue weighted by atomic mass is 10.2. The van der Waals surface area contributed by atoms with Gasteiger partial charge in [0.05, 0.1) is 11.4 Å². The zero-order valence-corrected chi connectivity index (χ0v) is 15.1. The van der Waals surface area contributed by atoms with E-state index in [0.717, 1.165) is 40.7 Å². The monoisotopic (exact) mass is 349 g/mol. The molecule has 132 valence electrons. The molecule has 4 rings (SSSR count). The van der Waals surface area contributed by atoms with Gasteiger partial charge < -0.3 is 4.52 Å². The maximum Gasteiger partial charge on any atom is 0.276 e. The van der Waals surface area contributed by atoms with Crippen LogP contribution in [0.1, 0.15) is 24.0 Å². The molecule has 8 heteroatoms. The van der Waals surface area contributed by atoms with Crippen LogP contribution in [0.15, 0.2) is 35.0 Å². The zero-order chi connectivity index (χ0) is 18.3. The lowest BCUT2D eigenvalue weighted by Crippen LogP contribution is -2.01. The van der Waals surface area contributed by atoms with Crippen molar-refractivity contribution in [1.82, 2.24) is 34.7 Å².